The smallest absolute Gasteiger partial charge is 0.305 e. The highest BCUT2D eigenvalue weighted by Gasteiger charge is 2.38. The Morgan fingerprint density at radius 2 is 0.329 bits per heavy atom. The van der Waals surface area contributed by atoms with Gasteiger partial charge in [0, 0.05) is 25.7 Å². The molecule has 0 heterocycles. The molecule has 0 radical (unpaired) electrons. The van der Waals surface area contributed by atoms with Crippen LogP contribution in [0.4, 0.5) is 0 Å². The van der Waals surface area contributed by atoms with Crippen molar-refractivity contribution in [3.8, 4) is 0 Å². The van der Waals surface area contributed by atoms with Gasteiger partial charge in [-0.3, -0.25) is 19.2 Å². The number of unbranched alkanes of at least 4 members (excludes halogenated alkanes) is 44. The normalized spacial score (nSPS) is 11.6. The van der Waals surface area contributed by atoms with Gasteiger partial charge in [-0.2, -0.15) is 0 Å². The number of carbonyl (C=O) groups excluding carboxylic acids is 4. The summed E-state index contributed by atoms with van der Waals surface area (Å²) in [5.41, 5.74) is -1.20. The summed E-state index contributed by atoms with van der Waals surface area (Å²) in [6, 6.07) is 0. The highest BCUT2D eigenvalue weighted by atomic mass is 16.6. The fraction of sp³-hybridized carbons (Fsp3) is 0.938. The van der Waals surface area contributed by atoms with Gasteiger partial charge in [0.25, 0.3) is 0 Å². The predicted molar refractivity (Wildman–Crippen MR) is 309 cm³/mol. The van der Waals surface area contributed by atoms with Crippen LogP contribution in [0.1, 0.15) is 362 Å². The zero-order valence-corrected chi connectivity index (χ0v) is 49.4. The van der Waals surface area contributed by atoms with E-state index in [4.69, 9.17) is 18.9 Å². The molecule has 0 N–H and O–H groups in total. The van der Waals surface area contributed by atoms with Gasteiger partial charge in [-0.1, -0.05) is 310 Å². The lowest BCUT2D eigenvalue weighted by Gasteiger charge is -2.31. The molecule has 0 aromatic carbocycles. The molecule has 73 heavy (non-hydrogen) atoms. The third kappa shape index (κ3) is 53.1. The highest BCUT2D eigenvalue weighted by Crippen LogP contribution is 2.25. The van der Waals surface area contributed by atoms with Gasteiger partial charge in [0.15, 0.2) is 0 Å². The fourth-order valence-corrected chi connectivity index (χ4v) is 9.91. The summed E-state index contributed by atoms with van der Waals surface area (Å²) in [5, 5.41) is 0. The van der Waals surface area contributed by atoms with E-state index >= 15 is 0 Å². The molecule has 0 aliphatic carbocycles. The first kappa shape index (κ1) is 70.9. The van der Waals surface area contributed by atoms with Gasteiger partial charge in [0.1, 0.15) is 31.8 Å². The fourth-order valence-electron chi connectivity index (χ4n) is 9.91. The van der Waals surface area contributed by atoms with Crippen LogP contribution in [0.2, 0.25) is 0 Å². The number of ether oxygens (including phenoxy) is 4. The molecule has 0 spiro atoms. The quantitative estimate of drug-likeness (QED) is 0.0337. The van der Waals surface area contributed by atoms with Gasteiger partial charge in [0.2, 0.25) is 0 Å². The molecule has 0 aliphatic heterocycles. The van der Waals surface area contributed by atoms with Crippen LogP contribution in [0.25, 0.3) is 0 Å². The summed E-state index contributed by atoms with van der Waals surface area (Å²) in [6.45, 7) is 8.40. The van der Waals surface area contributed by atoms with Crippen LogP contribution >= 0.6 is 0 Å². The van der Waals surface area contributed by atoms with Crippen molar-refractivity contribution in [1.82, 2.24) is 0 Å². The van der Waals surface area contributed by atoms with Crippen molar-refractivity contribution in [3.63, 3.8) is 0 Å². The third-order valence-electron chi connectivity index (χ3n) is 15.1. The van der Waals surface area contributed by atoms with Crippen LogP contribution in [-0.4, -0.2) is 50.3 Å². The number of esters is 4. The molecule has 0 amide bonds. The Labute approximate surface area is 453 Å². The standard InChI is InChI=1S/C65H124O8/c1-5-9-13-17-21-25-29-33-37-41-45-49-53-61(66)70-57-65(58-71-62(67)54-50-46-42-38-34-30-26-22-18-14-10-6-2,59-72-63(68)55-51-47-43-39-35-31-27-23-19-15-11-7-3)60-73-64(69)56-52-48-44-40-36-32-28-24-20-16-12-8-4/h5-60H2,1-4H3. The van der Waals surface area contributed by atoms with E-state index in [1.165, 1.54) is 231 Å². The zero-order valence-electron chi connectivity index (χ0n) is 49.4. The first-order valence-electron chi connectivity index (χ1n) is 32.4. The number of rotatable bonds is 60. The number of carbonyl (C=O) groups is 4. The largest absolute Gasteiger partial charge is 0.465 e. The first-order valence-corrected chi connectivity index (χ1v) is 32.4. The van der Waals surface area contributed by atoms with Crippen LogP contribution in [-0.2, 0) is 38.1 Å². The van der Waals surface area contributed by atoms with Crippen molar-refractivity contribution in [1.29, 1.82) is 0 Å². The molecule has 0 fully saturated rings. The van der Waals surface area contributed by atoms with Gasteiger partial charge in [0.05, 0.1) is 0 Å². The maximum absolute atomic E-state index is 13.3. The Bertz CT molecular complexity index is 1010. The van der Waals surface area contributed by atoms with E-state index in [-0.39, 0.29) is 50.3 Å². The van der Waals surface area contributed by atoms with Gasteiger partial charge in [-0.15, -0.1) is 0 Å². The van der Waals surface area contributed by atoms with Crippen molar-refractivity contribution in [2.24, 2.45) is 5.41 Å². The molecule has 0 aromatic heterocycles. The lowest BCUT2D eigenvalue weighted by molar-refractivity contribution is -0.170. The topological polar surface area (TPSA) is 105 Å². The monoisotopic (exact) mass is 1030 g/mol. The summed E-state index contributed by atoms with van der Waals surface area (Å²) in [5.74, 6) is -1.32. The molecule has 0 saturated carbocycles. The molecule has 0 saturated heterocycles. The Hall–Kier alpha value is -2.12. The summed E-state index contributed by atoms with van der Waals surface area (Å²) in [6.07, 6.45) is 59.3. The maximum Gasteiger partial charge on any atom is 0.305 e. The second kappa shape index (κ2) is 57.6. The van der Waals surface area contributed by atoms with Crippen molar-refractivity contribution < 1.29 is 38.1 Å². The molecule has 0 atom stereocenters. The van der Waals surface area contributed by atoms with Gasteiger partial charge in [-0.05, 0) is 25.7 Å². The van der Waals surface area contributed by atoms with E-state index in [2.05, 4.69) is 27.7 Å². The Morgan fingerprint density at radius 3 is 0.466 bits per heavy atom. The molecule has 8 nitrogen and oxygen atoms in total. The van der Waals surface area contributed by atoms with Crippen molar-refractivity contribution >= 4 is 23.9 Å². The van der Waals surface area contributed by atoms with E-state index in [1.807, 2.05) is 0 Å². The molecule has 432 valence electrons. The second-order valence-corrected chi connectivity index (χ2v) is 22.7. The summed E-state index contributed by atoms with van der Waals surface area (Å²) in [4.78, 5) is 53.0. The van der Waals surface area contributed by atoms with Crippen molar-refractivity contribution in [2.75, 3.05) is 26.4 Å². The minimum Gasteiger partial charge on any atom is -0.465 e. The third-order valence-corrected chi connectivity index (χ3v) is 15.1. The molecular formula is C65H124O8. The SMILES string of the molecule is CCCCCCCCCCCCCCC(=O)OCC(COC(=O)CCCCCCCCCCCCCC)(COC(=O)CCCCCCCCCCCCCC)COC(=O)CCCCCCCCCCCCCC. The Balaban J connectivity index is 5.43. The minimum absolute atomic E-state index is 0.159. The predicted octanol–water partition coefficient (Wildman–Crippen LogP) is 20.5. The van der Waals surface area contributed by atoms with Crippen molar-refractivity contribution in [2.45, 2.75) is 362 Å². The molecule has 8 heteroatoms. The average Bonchev–Trinajstić information content (AvgIpc) is 3.39. The number of hydrogen-bond acceptors (Lipinski definition) is 8. The van der Waals surface area contributed by atoms with Gasteiger partial charge in [-0.25, -0.2) is 0 Å². The molecule has 0 aromatic rings. The zero-order chi connectivity index (χ0) is 53.2. The molecule has 0 aliphatic rings. The summed E-state index contributed by atoms with van der Waals surface area (Å²) >= 11 is 0. The van der Waals surface area contributed by atoms with Crippen LogP contribution in [0.3, 0.4) is 0 Å². The van der Waals surface area contributed by atoms with E-state index in [0.29, 0.717) is 25.7 Å². The van der Waals surface area contributed by atoms with Crippen molar-refractivity contribution in [3.05, 3.63) is 0 Å². The maximum atomic E-state index is 13.3. The molecular weight excluding hydrogens is 909 g/mol. The van der Waals surface area contributed by atoms with Crippen LogP contribution in [0.5, 0.6) is 0 Å². The highest BCUT2D eigenvalue weighted by molar-refractivity contribution is 5.71. The Morgan fingerprint density at radius 1 is 0.205 bits per heavy atom. The lowest BCUT2D eigenvalue weighted by atomic mass is 9.92. The van der Waals surface area contributed by atoms with Crippen LogP contribution < -0.4 is 0 Å². The van der Waals surface area contributed by atoms with Crippen LogP contribution in [0, 0.1) is 5.41 Å². The number of hydrogen-bond donors (Lipinski definition) is 0. The van der Waals surface area contributed by atoms with E-state index in [9.17, 15) is 19.2 Å². The lowest BCUT2D eigenvalue weighted by Crippen LogP contribution is -2.44. The molecule has 0 bridgehead atoms. The van der Waals surface area contributed by atoms with E-state index in [1.54, 1.807) is 0 Å². The van der Waals surface area contributed by atoms with E-state index in [0.717, 1.165) is 77.0 Å². The van der Waals surface area contributed by atoms with Crippen LogP contribution in [0.15, 0.2) is 0 Å². The summed E-state index contributed by atoms with van der Waals surface area (Å²) in [7, 11) is 0. The van der Waals surface area contributed by atoms with Gasteiger partial charge < -0.3 is 18.9 Å². The van der Waals surface area contributed by atoms with E-state index < -0.39 is 5.41 Å². The minimum atomic E-state index is -1.20. The first-order chi connectivity index (χ1) is 35.8. The molecule has 0 rings (SSSR count). The molecule has 0 unspecified atom stereocenters. The van der Waals surface area contributed by atoms with Gasteiger partial charge >= 0.3 is 23.9 Å². The second-order valence-electron chi connectivity index (χ2n) is 22.7. The Kier molecular flexibility index (Phi) is 55.9. The summed E-state index contributed by atoms with van der Waals surface area (Å²) < 4.78 is 23.7. The average molecular weight is 1030 g/mol.